The molecule has 5 N–H and O–H groups in total. The van der Waals surface area contributed by atoms with Crippen LogP contribution in [0.2, 0.25) is 0 Å². The molecule has 2 aliphatic heterocycles. The van der Waals surface area contributed by atoms with Crippen molar-refractivity contribution in [3.8, 4) is 11.5 Å². The van der Waals surface area contributed by atoms with Gasteiger partial charge in [-0.2, -0.15) is 0 Å². The van der Waals surface area contributed by atoms with Crippen molar-refractivity contribution in [2.24, 2.45) is 5.92 Å². The van der Waals surface area contributed by atoms with Gasteiger partial charge in [-0.1, -0.05) is 6.07 Å². The first kappa shape index (κ1) is 23.0. The number of aliphatic hydroxyl groups excluding tert-OH is 4. The number of methoxy groups -OCH3 is 1. The molecule has 2 heterocycles. The molecule has 1 saturated carbocycles. The van der Waals surface area contributed by atoms with Gasteiger partial charge < -0.3 is 44.5 Å². The second kappa shape index (κ2) is 9.34. The highest BCUT2D eigenvalue weighted by atomic mass is 16.7. The number of carbonyl (C=O) groups excluding carboxylic acids is 1. The predicted molar refractivity (Wildman–Crippen MR) is 108 cm³/mol. The third-order valence-corrected chi connectivity index (χ3v) is 6.37. The summed E-state index contributed by atoms with van der Waals surface area (Å²) in [4.78, 5) is 13.1. The monoisotopic (exact) mass is 452 g/mol. The first-order chi connectivity index (χ1) is 15.3. The molecule has 1 aliphatic carbocycles. The molecule has 1 aromatic rings. The Balaban J connectivity index is 1.42. The van der Waals surface area contributed by atoms with Gasteiger partial charge in [0.25, 0.3) is 0 Å². The molecule has 1 aromatic carbocycles. The van der Waals surface area contributed by atoms with Crippen LogP contribution in [0, 0.1) is 5.92 Å². The van der Waals surface area contributed by atoms with Gasteiger partial charge in [-0.05, 0) is 30.5 Å². The van der Waals surface area contributed by atoms with E-state index >= 15 is 0 Å². The van der Waals surface area contributed by atoms with E-state index in [0.717, 1.165) is 0 Å². The Labute approximate surface area is 184 Å². The first-order valence-corrected chi connectivity index (χ1v) is 10.6. The van der Waals surface area contributed by atoms with Crippen molar-refractivity contribution >= 4 is 11.4 Å². The van der Waals surface area contributed by atoms with E-state index in [9.17, 15) is 30.3 Å². The average molecular weight is 452 g/mol. The van der Waals surface area contributed by atoms with Crippen LogP contribution in [-0.4, -0.2) is 87.9 Å². The molecule has 0 aromatic heterocycles. The summed E-state index contributed by atoms with van der Waals surface area (Å²) in [6, 6.07) is 4.72. The second-order valence-electron chi connectivity index (χ2n) is 8.33. The smallest absolute Gasteiger partial charge is 0.186 e. The summed E-state index contributed by atoms with van der Waals surface area (Å²) in [5.41, 5.74) is 0.906. The summed E-state index contributed by atoms with van der Waals surface area (Å²) in [6.07, 6.45) is -4.83. The Morgan fingerprint density at radius 2 is 1.91 bits per heavy atom. The molecular weight excluding hydrogens is 424 g/mol. The molecule has 4 rings (SSSR count). The molecule has 10 nitrogen and oxygen atoms in total. The molecule has 10 heteroatoms. The Hall–Kier alpha value is -2.21. The molecule has 176 valence electrons. The number of Topliss-reactive ketones (excluding diaryl/α,β-unsaturated/α-hetero) is 1. The number of aliphatic hydroxyl groups is 4. The topological polar surface area (TPSA) is 155 Å². The number of hydrogen-bond donors (Lipinski definition) is 5. The lowest BCUT2D eigenvalue weighted by Gasteiger charge is -2.43. The number of allylic oxidation sites excluding steroid dienone is 1. The summed E-state index contributed by atoms with van der Waals surface area (Å²) in [7, 11) is 1.44. The maximum absolute atomic E-state index is 13.1. The normalized spacial score (nSPS) is 37.3. The van der Waals surface area contributed by atoms with Gasteiger partial charge in [0.2, 0.25) is 0 Å². The van der Waals surface area contributed by atoms with Crippen molar-refractivity contribution in [3.63, 3.8) is 0 Å². The van der Waals surface area contributed by atoms with Crippen LogP contribution in [0.1, 0.15) is 24.8 Å². The predicted octanol–water partition coefficient (Wildman–Crippen LogP) is -0.305. The highest BCUT2D eigenvalue weighted by molar-refractivity contribution is 6.22. The third-order valence-electron chi connectivity index (χ3n) is 6.37. The molecule has 3 aliphatic rings. The van der Waals surface area contributed by atoms with Gasteiger partial charge in [0.15, 0.2) is 23.6 Å². The molecule has 32 heavy (non-hydrogen) atoms. The van der Waals surface area contributed by atoms with E-state index in [-0.39, 0.29) is 17.5 Å². The van der Waals surface area contributed by atoms with Crippen molar-refractivity contribution in [2.45, 2.75) is 62.2 Å². The van der Waals surface area contributed by atoms with E-state index in [4.69, 9.17) is 18.9 Å². The molecule has 2 fully saturated rings. The van der Waals surface area contributed by atoms with Gasteiger partial charge >= 0.3 is 0 Å². The minimum atomic E-state index is -1.51. The molecule has 0 radical (unpaired) electrons. The Morgan fingerprint density at radius 3 is 2.59 bits per heavy atom. The van der Waals surface area contributed by atoms with Crippen LogP contribution in [0.3, 0.4) is 0 Å². The van der Waals surface area contributed by atoms with Gasteiger partial charge in [0.05, 0.1) is 37.6 Å². The van der Waals surface area contributed by atoms with Crippen LogP contribution in [0.15, 0.2) is 24.5 Å². The molecule has 8 atom stereocenters. The molecule has 1 saturated heterocycles. The standard InChI is InChI=1S/C22H28O10/c1-29-15-5-2-10(6-14(15)24)13-9-30-16-7-11(3-4-12(16)18(13)25)31-22-21(28)20(27)19(26)17(8-23)32-22/h2,5-6,9,11-12,16-17,19-24,26-28H,3-4,7-8H2,1H3. The molecule has 8 unspecified atom stereocenters. The minimum absolute atomic E-state index is 0.0718. The first-order valence-electron chi connectivity index (χ1n) is 10.6. The number of benzene rings is 1. The summed E-state index contributed by atoms with van der Waals surface area (Å²) in [6.45, 7) is -0.535. The molecule has 0 bridgehead atoms. The van der Waals surface area contributed by atoms with Crippen LogP contribution >= 0.6 is 0 Å². The number of rotatable bonds is 5. The van der Waals surface area contributed by atoms with Crippen molar-refractivity contribution < 1.29 is 49.3 Å². The van der Waals surface area contributed by atoms with E-state index in [2.05, 4.69) is 0 Å². The molecule has 0 spiro atoms. The van der Waals surface area contributed by atoms with Gasteiger partial charge in [-0.3, -0.25) is 4.79 Å². The maximum Gasteiger partial charge on any atom is 0.186 e. The lowest BCUT2D eigenvalue weighted by atomic mass is 9.78. The SMILES string of the molecule is COc1ccc(C2=COC3CC(OC4OC(CO)C(O)C(O)C4O)CCC3C2=O)cc1O. The summed E-state index contributed by atoms with van der Waals surface area (Å²) in [5.74, 6) is -0.231. The van der Waals surface area contributed by atoms with Crippen LogP contribution in [0.4, 0.5) is 0 Å². The minimum Gasteiger partial charge on any atom is -0.504 e. The van der Waals surface area contributed by atoms with E-state index in [1.807, 2.05) is 0 Å². The largest absolute Gasteiger partial charge is 0.504 e. The van der Waals surface area contributed by atoms with Crippen LogP contribution in [0.5, 0.6) is 11.5 Å². The van der Waals surface area contributed by atoms with E-state index in [1.165, 1.54) is 19.4 Å². The fraction of sp³-hybridized carbons (Fsp3) is 0.591. The quantitative estimate of drug-likeness (QED) is 0.402. The lowest BCUT2D eigenvalue weighted by molar-refractivity contribution is -0.314. The van der Waals surface area contributed by atoms with Gasteiger partial charge in [-0.15, -0.1) is 0 Å². The zero-order valence-corrected chi connectivity index (χ0v) is 17.5. The van der Waals surface area contributed by atoms with Crippen molar-refractivity contribution in [1.29, 1.82) is 0 Å². The zero-order chi connectivity index (χ0) is 23.0. The zero-order valence-electron chi connectivity index (χ0n) is 17.5. The average Bonchev–Trinajstić information content (AvgIpc) is 2.79. The van der Waals surface area contributed by atoms with E-state index in [1.54, 1.807) is 12.1 Å². The molecule has 0 amide bonds. The highest BCUT2D eigenvalue weighted by Gasteiger charge is 2.47. The Kier molecular flexibility index (Phi) is 6.70. The number of carbonyl (C=O) groups is 1. The van der Waals surface area contributed by atoms with Crippen LogP contribution in [-0.2, 0) is 19.0 Å². The summed E-state index contributed by atoms with van der Waals surface area (Å²) < 4.78 is 22.1. The van der Waals surface area contributed by atoms with E-state index in [0.29, 0.717) is 36.1 Å². The van der Waals surface area contributed by atoms with Crippen molar-refractivity contribution in [1.82, 2.24) is 0 Å². The van der Waals surface area contributed by atoms with Gasteiger partial charge in [-0.25, -0.2) is 0 Å². The number of hydrogen-bond acceptors (Lipinski definition) is 10. The number of phenols is 1. The number of fused-ring (bicyclic) bond motifs is 1. The number of aromatic hydroxyl groups is 1. The number of ketones is 1. The van der Waals surface area contributed by atoms with Gasteiger partial charge in [0, 0.05) is 6.42 Å². The Morgan fingerprint density at radius 1 is 1.12 bits per heavy atom. The van der Waals surface area contributed by atoms with Crippen LogP contribution < -0.4 is 4.74 Å². The number of ether oxygens (including phenoxy) is 4. The maximum atomic E-state index is 13.1. The fourth-order valence-corrected chi connectivity index (χ4v) is 4.52. The highest BCUT2D eigenvalue weighted by Crippen LogP contribution is 2.39. The summed E-state index contributed by atoms with van der Waals surface area (Å²) >= 11 is 0. The fourth-order valence-electron chi connectivity index (χ4n) is 4.52. The lowest BCUT2D eigenvalue weighted by Crippen LogP contribution is -2.60. The van der Waals surface area contributed by atoms with Gasteiger partial charge in [0.1, 0.15) is 30.5 Å². The van der Waals surface area contributed by atoms with Crippen LogP contribution in [0.25, 0.3) is 5.57 Å². The third kappa shape index (κ3) is 4.21. The van der Waals surface area contributed by atoms with E-state index < -0.39 is 49.5 Å². The second-order valence-corrected chi connectivity index (χ2v) is 8.33. The number of phenolic OH excluding ortho intramolecular Hbond substituents is 1. The summed E-state index contributed by atoms with van der Waals surface area (Å²) in [5, 5.41) is 49.3. The Bertz CT molecular complexity index is 868. The molecular formula is C22H28O10. The van der Waals surface area contributed by atoms with Crippen molar-refractivity contribution in [2.75, 3.05) is 13.7 Å². The van der Waals surface area contributed by atoms with Crippen molar-refractivity contribution in [3.05, 3.63) is 30.0 Å².